The van der Waals surface area contributed by atoms with Crippen molar-refractivity contribution < 1.29 is 9.53 Å². The molecule has 1 fully saturated rings. The van der Waals surface area contributed by atoms with Crippen molar-refractivity contribution in [1.82, 2.24) is 5.32 Å². The molecule has 4 nitrogen and oxygen atoms in total. The summed E-state index contributed by atoms with van der Waals surface area (Å²) in [6, 6.07) is 5.42. The lowest BCUT2D eigenvalue weighted by molar-refractivity contribution is 0.0949. The molecule has 1 aliphatic carbocycles. The third kappa shape index (κ3) is 3.37. The quantitative estimate of drug-likeness (QED) is 0.874. The number of rotatable bonds is 4. The van der Waals surface area contributed by atoms with Crippen molar-refractivity contribution in [3.63, 3.8) is 0 Å². The number of benzene rings is 1. The molecule has 1 amide bonds. The van der Waals surface area contributed by atoms with E-state index < -0.39 is 0 Å². The minimum atomic E-state index is -0.157. The van der Waals surface area contributed by atoms with Gasteiger partial charge in [0, 0.05) is 17.6 Å². The smallest absolute Gasteiger partial charge is 0.251 e. The Balaban J connectivity index is 0.00000162. The zero-order chi connectivity index (χ0) is 12.5. The molecule has 0 heterocycles. The number of ether oxygens (including phenoxy) is 1. The van der Waals surface area contributed by atoms with Crippen LogP contribution in [0.3, 0.4) is 0 Å². The van der Waals surface area contributed by atoms with Gasteiger partial charge < -0.3 is 15.8 Å². The van der Waals surface area contributed by atoms with Crippen LogP contribution in [0.1, 0.15) is 28.8 Å². The molecule has 1 aliphatic rings. The van der Waals surface area contributed by atoms with Gasteiger partial charge in [0.2, 0.25) is 0 Å². The van der Waals surface area contributed by atoms with Crippen molar-refractivity contribution in [2.75, 3.05) is 13.7 Å². The summed E-state index contributed by atoms with van der Waals surface area (Å²) >= 11 is 0. The molecular formula is C13H19ClN2O2. The van der Waals surface area contributed by atoms with Crippen molar-refractivity contribution in [1.29, 1.82) is 0 Å². The highest BCUT2D eigenvalue weighted by Crippen LogP contribution is 2.31. The number of hydrogen-bond acceptors (Lipinski definition) is 3. The summed E-state index contributed by atoms with van der Waals surface area (Å²) in [6.45, 7) is 2.45. The molecule has 0 atom stereocenters. The number of amides is 1. The second-order valence-electron chi connectivity index (χ2n) is 4.73. The van der Waals surface area contributed by atoms with Gasteiger partial charge in [0.25, 0.3) is 5.91 Å². The van der Waals surface area contributed by atoms with E-state index in [1.54, 1.807) is 19.2 Å². The Labute approximate surface area is 113 Å². The van der Waals surface area contributed by atoms with Gasteiger partial charge in [-0.1, -0.05) is 0 Å². The molecular weight excluding hydrogens is 252 g/mol. The van der Waals surface area contributed by atoms with Crippen molar-refractivity contribution in [3.05, 3.63) is 29.3 Å². The fraction of sp³-hybridized carbons (Fsp3) is 0.462. The first-order valence-electron chi connectivity index (χ1n) is 5.76. The summed E-state index contributed by atoms with van der Waals surface area (Å²) in [5.41, 5.74) is 7.35. The molecule has 5 heteroatoms. The van der Waals surface area contributed by atoms with Crippen LogP contribution in [-0.4, -0.2) is 25.1 Å². The highest BCUT2D eigenvalue weighted by atomic mass is 35.5. The predicted molar refractivity (Wildman–Crippen MR) is 73.5 cm³/mol. The standard InChI is InChI=1S/C13H18N2O2.ClH/c1-9-7-10(17-2)3-4-11(9)12(16)15-8-13(14)5-6-13;/h3-4,7H,5-6,8,14H2,1-2H3,(H,15,16);1H. The van der Waals surface area contributed by atoms with E-state index in [1.807, 2.05) is 13.0 Å². The number of nitrogens with two attached hydrogens (primary N) is 1. The SMILES string of the molecule is COc1ccc(C(=O)NCC2(N)CC2)c(C)c1.Cl. The Bertz CT molecular complexity index is 445. The van der Waals surface area contributed by atoms with Gasteiger partial charge in [-0.15, -0.1) is 12.4 Å². The van der Waals surface area contributed by atoms with Gasteiger partial charge in [-0.3, -0.25) is 4.79 Å². The third-order valence-corrected chi connectivity index (χ3v) is 3.17. The molecule has 0 radical (unpaired) electrons. The fourth-order valence-electron chi connectivity index (χ4n) is 1.71. The van der Waals surface area contributed by atoms with E-state index in [-0.39, 0.29) is 23.9 Å². The monoisotopic (exact) mass is 270 g/mol. The summed E-state index contributed by atoms with van der Waals surface area (Å²) < 4.78 is 5.10. The van der Waals surface area contributed by atoms with Crippen LogP contribution < -0.4 is 15.8 Å². The molecule has 18 heavy (non-hydrogen) atoms. The Morgan fingerprint density at radius 3 is 2.67 bits per heavy atom. The maximum absolute atomic E-state index is 11.9. The molecule has 0 spiro atoms. The van der Waals surface area contributed by atoms with Gasteiger partial charge in [-0.05, 0) is 43.5 Å². The Morgan fingerprint density at radius 1 is 1.50 bits per heavy atom. The van der Waals surface area contributed by atoms with Crippen LogP contribution >= 0.6 is 12.4 Å². The van der Waals surface area contributed by atoms with Crippen molar-refractivity contribution in [3.8, 4) is 5.75 Å². The minimum Gasteiger partial charge on any atom is -0.497 e. The summed E-state index contributed by atoms with van der Waals surface area (Å²) in [5, 5.41) is 2.87. The minimum absolute atomic E-state index is 0. The van der Waals surface area contributed by atoms with E-state index in [2.05, 4.69) is 5.32 Å². The second-order valence-corrected chi connectivity index (χ2v) is 4.73. The number of carbonyl (C=O) groups excluding carboxylic acids is 1. The molecule has 2 rings (SSSR count). The van der Waals surface area contributed by atoms with Crippen LogP contribution in [0.2, 0.25) is 0 Å². The van der Waals surface area contributed by atoms with Gasteiger partial charge in [0.05, 0.1) is 7.11 Å². The van der Waals surface area contributed by atoms with E-state index in [0.717, 1.165) is 24.2 Å². The van der Waals surface area contributed by atoms with Gasteiger partial charge in [0.1, 0.15) is 5.75 Å². The van der Waals surface area contributed by atoms with Crippen molar-refractivity contribution in [2.45, 2.75) is 25.3 Å². The zero-order valence-corrected chi connectivity index (χ0v) is 11.5. The van der Waals surface area contributed by atoms with Crippen LogP contribution in [0.4, 0.5) is 0 Å². The van der Waals surface area contributed by atoms with Crippen molar-refractivity contribution >= 4 is 18.3 Å². The fourth-order valence-corrected chi connectivity index (χ4v) is 1.71. The highest BCUT2D eigenvalue weighted by molar-refractivity contribution is 5.95. The lowest BCUT2D eigenvalue weighted by atomic mass is 10.1. The molecule has 1 saturated carbocycles. The van der Waals surface area contributed by atoms with Gasteiger partial charge in [-0.2, -0.15) is 0 Å². The third-order valence-electron chi connectivity index (χ3n) is 3.17. The van der Waals surface area contributed by atoms with Gasteiger partial charge in [-0.25, -0.2) is 0 Å². The highest BCUT2D eigenvalue weighted by Gasteiger charge is 2.38. The van der Waals surface area contributed by atoms with Gasteiger partial charge >= 0.3 is 0 Å². The first-order valence-corrected chi connectivity index (χ1v) is 5.76. The maximum atomic E-state index is 11.9. The van der Waals surface area contributed by atoms with Crippen LogP contribution in [-0.2, 0) is 0 Å². The summed E-state index contributed by atoms with van der Waals surface area (Å²) in [4.78, 5) is 11.9. The van der Waals surface area contributed by atoms with Crippen LogP contribution in [0.5, 0.6) is 5.75 Å². The largest absolute Gasteiger partial charge is 0.497 e. The summed E-state index contributed by atoms with van der Waals surface area (Å²) in [6.07, 6.45) is 1.99. The van der Waals surface area contributed by atoms with E-state index in [0.29, 0.717) is 12.1 Å². The lowest BCUT2D eigenvalue weighted by Gasteiger charge is -2.12. The predicted octanol–water partition coefficient (Wildman–Crippen LogP) is 1.65. The average Bonchev–Trinajstić information content (AvgIpc) is 3.05. The molecule has 1 aromatic rings. The van der Waals surface area contributed by atoms with Crippen LogP contribution in [0.15, 0.2) is 18.2 Å². The Hall–Kier alpha value is -1.26. The molecule has 0 bridgehead atoms. The maximum Gasteiger partial charge on any atom is 0.251 e. The van der Waals surface area contributed by atoms with E-state index in [4.69, 9.17) is 10.5 Å². The molecule has 1 aromatic carbocycles. The molecule has 100 valence electrons. The Morgan fingerprint density at radius 2 is 2.17 bits per heavy atom. The molecule has 0 saturated heterocycles. The molecule has 0 aromatic heterocycles. The van der Waals surface area contributed by atoms with Gasteiger partial charge in [0.15, 0.2) is 0 Å². The number of nitrogens with one attached hydrogen (secondary N) is 1. The summed E-state index contributed by atoms with van der Waals surface area (Å²) in [7, 11) is 1.61. The topological polar surface area (TPSA) is 64.3 Å². The number of hydrogen-bond donors (Lipinski definition) is 2. The first kappa shape index (κ1) is 14.8. The van der Waals surface area contributed by atoms with E-state index in [9.17, 15) is 4.79 Å². The number of methoxy groups -OCH3 is 1. The summed E-state index contributed by atoms with van der Waals surface area (Å²) in [5.74, 6) is 0.693. The first-order chi connectivity index (χ1) is 8.04. The Kier molecular flexibility index (Phi) is 4.59. The molecule has 0 aliphatic heterocycles. The van der Waals surface area contributed by atoms with Crippen LogP contribution in [0.25, 0.3) is 0 Å². The van der Waals surface area contributed by atoms with Crippen LogP contribution in [0, 0.1) is 6.92 Å². The number of aryl methyl sites for hydroxylation is 1. The zero-order valence-electron chi connectivity index (χ0n) is 10.7. The number of carbonyl (C=O) groups is 1. The lowest BCUT2D eigenvalue weighted by Crippen LogP contribution is -2.39. The molecule has 0 unspecified atom stereocenters. The van der Waals surface area contributed by atoms with E-state index >= 15 is 0 Å². The normalized spacial score (nSPS) is 15.5. The second kappa shape index (κ2) is 5.59. The van der Waals surface area contributed by atoms with E-state index in [1.165, 1.54) is 0 Å². The molecule has 3 N–H and O–H groups in total. The average molecular weight is 271 g/mol. The van der Waals surface area contributed by atoms with Crippen molar-refractivity contribution in [2.24, 2.45) is 5.73 Å². The number of halogens is 1.